The molecule has 0 spiro atoms. The van der Waals surface area contributed by atoms with E-state index in [1.165, 1.54) is 12.8 Å². The molecule has 0 heterocycles. The maximum absolute atomic E-state index is 11.3. The minimum Gasteiger partial charge on any atom is -0.469 e. The monoisotopic (exact) mass is 264 g/mol. The molecule has 19 heavy (non-hydrogen) atoms. The first-order valence-electron chi connectivity index (χ1n) is 6.79. The highest BCUT2D eigenvalue weighted by atomic mass is 16.5. The van der Waals surface area contributed by atoms with Crippen molar-refractivity contribution in [2.75, 3.05) is 37.0 Å². The highest BCUT2D eigenvalue weighted by molar-refractivity contribution is 5.72. The molecule has 1 unspecified atom stereocenters. The van der Waals surface area contributed by atoms with Crippen molar-refractivity contribution in [2.24, 2.45) is 5.92 Å². The predicted octanol–water partition coefficient (Wildman–Crippen LogP) is 2.75. The Balaban J connectivity index is 2.55. The summed E-state index contributed by atoms with van der Waals surface area (Å²) in [6, 6.07) is 8.27. The third-order valence-corrected chi connectivity index (χ3v) is 3.21. The van der Waals surface area contributed by atoms with E-state index in [-0.39, 0.29) is 11.9 Å². The van der Waals surface area contributed by atoms with Crippen molar-refractivity contribution in [3.8, 4) is 0 Å². The summed E-state index contributed by atoms with van der Waals surface area (Å²) in [4.78, 5) is 13.6. The van der Waals surface area contributed by atoms with E-state index in [4.69, 9.17) is 4.74 Å². The molecule has 1 atom stereocenters. The van der Waals surface area contributed by atoms with Gasteiger partial charge < -0.3 is 15.0 Å². The minimum atomic E-state index is -0.188. The molecule has 0 bridgehead atoms. The Bertz CT molecular complexity index is 386. The minimum absolute atomic E-state index is 0.146. The maximum atomic E-state index is 11.3. The molecule has 1 aromatic carbocycles. The first-order chi connectivity index (χ1) is 9.12. The number of benzene rings is 1. The van der Waals surface area contributed by atoms with Crippen LogP contribution in [0, 0.1) is 5.92 Å². The lowest BCUT2D eigenvalue weighted by atomic mass is 10.2. The van der Waals surface area contributed by atoms with Crippen molar-refractivity contribution in [3.05, 3.63) is 24.3 Å². The normalized spacial score (nSPS) is 11.8. The smallest absolute Gasteiger partial charge is 0.310 e. The molecular formula is C15H24N2O2. The van der Waals surface area contributed by atoms with Gasteiger partial charge in [-0.05, 0) is 38.1 Å². The predicted molar refractivity (Wildman–Crippen MR) is 79.7 cm³/mol. The van der Waals surface area contributed by atoms with Gasteiger partial charge >= 0.3 is 5.97 Å². The third-order valence-electron chi connectivity index (χ3n) is 3.21. The summed E-state index contributed by atoms with van der Waals surface area (Å²) in [6.07, 6.45) is 0. The standard InChI is InChI=1S/C15H24N2O2/c1-5-17(6-2)14-9-7-13(8-10-14)16-11-12(3)15(18)19-4/h7-10,12,16H,5-6,11H2,1-4H3. The molecule has 4 heteroatoms. The van der Waals surface area contributed by atoms with Crippen LogP contribution in [-0.2, 0) is 9.53 Å². The second-order valence-electron chi connectivity index (χ2n) is 4.52. The van der Waals surface area contributed by atoms with Crippen molar-refractivity contribution in [2.45, 2.75) is 20.8 Å². The van der Waals surface area contributed by atoms with Crippen molar-refractivity contribution >= 4 is 17.3 Å². The molecule has 1 aromatic rings. The van der Waals surface area contributed by atoms with E-state index in [1.807, 2.05) is 19.1 Å². The van der Waals surface area contributed by atoms with E-state index in [9.17, 15) is 4.79 Å². The van der Waals surface area contributed by atoms with Gasteiger partial charge in [-0.15, -0.1) is 0 Å². The first kappa shape index (κ1) is 15.3. The largest absolute Gasteiger partial charge is 0.469 e. The summed E-state index contributed by atoms with van der Waals surface area (Å²) in [6.45, 7) is 8.73. The van der Waals surface area contributed by atoms with Gasteiger partial charge in [-0.2, -0.15) is 0 Å². The average Bonchev–Trinajstić information content (AvgIpc) is 2.46. The van der Waals surface area contributed by atoms with E-state index in [0.717, 1.165) is 18.8 Å². The van der Waals surface area contributed by atoms with Crippen LogP contribution in [0.25, 0.3) is 0 Å². The maximum Gasteiger partial charge on any atom is 0.310 e. The van der Waals surface area contributed by atoms with Crippen LogP contribution in [0.2, 0.25) is 0 Å². The second kappa shape index (κ2) is 7.67. The van der Waals surface area contributed by atoms with E-state index < -0.39 is 0 Å². The van der Waals surface area contributed by atoms with Crippen molar-refractivity contribution < 1.29 is 9.53 Å². The summed E-state index contributed by atoms with van der Waals surface area (Å²) < 4.78 is 4.69. The van der Waals surface area contributed by atoms with Gasteiger partial charge in [-0.25, -0.2) is 0 Å². The number of carbonyl (C=O) groups is 1. The van der Waals surface area contributed by atoms with Gasteiger partial charge in [-0.3, -0.25) is 4.79 Å². The molecule has 1 N–H and O–H groups in total. The zero-order valence-electron chi connectivity index (χ0n) is 12.3. The number of methoxy groups -OCH3 is 1. The van der Waals surface area contributed by atoms with E-state index >= 15 is 0 Å². The van der Waals surface area contributed by atoms with Crippen LogP contribution in [0.15, 0.2) is 24.3 Å². The lowest BCUT2D eigenvalue weighted by Crippen LogP contribution is -2.22. The molecule has 0 aliphatic heterocycles. The second-order valence-corrected chi connectivity index (χ2v) is 4.52. The van der Waals surface area contributed by atoms with Gasteiger partial charge in [0.25, 0.3) is 0 Å². The molecule has 0 aliphatic rings. The fourth-order valence-corrected chi connectivity index (χ4v) is 1.93. The molecule has 0 radical (unpaired) electrons. The number of hydrogen-bond donors (Lipinski definition) is 1. The highest BCUT2D eigenvalue weighted by Gasteiger charge is 2.12. The Morgan fingerprint density at radius 2 is 1.84 bits per heavy atom. The number of nitrogens with one attached hydrogen (secondary N) is 1. The fraction of sp³-hybridized carbons (Fsp3) is 0.533. The Kier molecular flexibility index (Phi) is 6.19. The number of carbonyl (C=O) groups excluding carboxylic acids is 1. The highest BCUT2D eigenvalue weighted by Crippen LogP contribution is 2.17. The molecule has 0 aromatic heterocycles. The third kappa shape index (κ3) is 4.47. The lowest BCUT2D eigenvalue weighted by Gasteiger charge is -2.21. The molecule has 0 saturated carbocycles. The average molecular weight is 264 g/mol. The zero-order valence-corrected chi connectivity index (χ0v) is 12.3. The molecule has 0 aliphatic carbocycles. The van der Waals surface area contributed by atoms with E-state index in [2.05, 4.69) is 36.2 Å². The Labute approximate surface area is 115 Å². The summed E-state index contributed by atoms with van der Waals surface area (Å²) in [5.74, 6) is -0.334. The van der Waals surface area contributed by atoms with Crippen LogP contribution in [0.5, 0.6) is 0 Å². The molecule has 4 nitrogen and oxygen atoms in total. The first-order valence-corrected chi connectivity index (χ1v) is 6.79. The summed E-state index contributed by atoms with van der Waals surface area (Å²) in [5, 5.41) is 3.24. The van der Waals surface area contributed by atoms with E-state index in [0.29, 0.717) is 6.54 Å². The quantitative estimate of drug-likeness (QED) is 0.769. The van der Waals surface area contributed by atoms with Crippen LogP contribution < -0.4 is 10.2 Å². The lowest BCUT2D eigenvalue weighted by molar-refractivity contribution is -0.144. The van der Waals surface area contributed by atoms with Crippen LogP contribution in [0.1, 0.15) is 20.8 Å². The molecule has 106 valence electrons. The van der Waals surface area contributed by atoms with Crippen molar-refractivity contribution in [1.29, 1.82) is 0 Å². The fourth-order valence-electron chi connectivity index (χ4n) is 1.93. The van der Waals surface area contributed by atoms with Crippen LogP contribution in [0.3, 0.4) is 0 Å². The number of rotatable bonds is 7. The summed E-state index contributed by atoms with van der Waals surface area (Å²) in [5.41, 5.74) is 2.24. The van der Waals surface area contributed by atoms with Crippen LogP contribution in [0.4, 0.5) is 11.4 Å². The van der Waals surface area contributed by atoms with Gasteiger partial charge in [0.2, 0.25) is 0 Å². The van der Waals surface area contributed by atoms with Gasteiger partial charge in [0.05, 0.1) is 13.0 Å². The van der Waals surface area contributed by atoms with E-state index in [1.54, 1.807) is 0 Å². The molecule has 0 saturated heterocycles. The number of hydrogen-bond acceptors (Lipinski definition) is 4. The summed E-state index contributed by atoms with van der Waals surface area (Å²) >= 11 is 0. The number of anilines is 2. The van der Waals surface area contributed by atoms with Crippen molar-refractivity contribution in [1.82, 2.24) is 0 Å². The number of nitrogens with zero attached hydrogens (tertiary/aromatic N) is 1. The SMILES string of the molecule is CCN(CC)c1ccc(NCC(C)C(=O)OC)cc1. The van der Waals surface area contributed by atoms with Gasteiger partial charge in [-0.1, -0.05) is 6.92 Å². The molecule has 0 fully saturated rings. The zero-order chi connectivity index (χ0) is 14.3. The molecule has 0 amide bonds. The molecule has 1 rings (SSSR count). The summed E-state index contributed by atoms with van der Waals surface area (Å²) in [7, 11) is 1.41. The van der Waals surface area contributed by atoms with Gasteiger partial charge in [0.15, 0.2) is 0 Å². The van der Waals surface area contributed by atoms with Crippen molar-refractivity contribution in [3.63, 3.8) is 0 Å². The van der Waals surface area contributed by atoms with Crippen LogP contribution >= 0.6 is 0 Å². The topological polar surface area (TPSA) is 41.6 Å². The Hall–Kier alpha value is -1.71. The van der Waals surface area contributed by atoms with Gasteiger partial charge in [0.1, 0.15) is 0 Å². The Morgan fingerprint density at radius 3 is 2.32 bits per heavy atom. The van der Waals surface area contributed by atoms with Crippen LogP contribution in [-0.4, -0.2) is 32.7 Å². The number of esters is 1. The molecular weight excluding hydrogens is 240 g/mol. The van der Waals surface area contributed by atoms with Gasteiger partial charge in [0, 0.05) is 31.0 Å². The Morgan fingerprint density at radius 1 is 1.26 bits per heavy atom. The number of ether oxygens (including phenoxy) is 1.